The zero-order valence-corrected chi connectivity index (χ0v) is 20.1. The first-order chi connectivity index (χ1) is 15.0. The maximum absolute atomic E-state index is 12.0. The predicted octanol–water partition coefficient (Wildman–Crippen LogP) is 6.54. The van der Waals surface area contributed by atoms with Crippen molar-refractivity contribution in [1.82, 2.24) is 0 Å². The van der Waals surface area contributed by atoms with Crippen LogP contribution in [0.25, 0.3) is 0 Å². The molecule has 4 atom stereocenters. The van der Waals surface area contributed by atoms with E-state index in [0.717, 1.165) is 12.8 Å². The van der Waals surface area contributed by atoms with Crippen molar-refractivity contribution < 1.29 is 19.7 Å². The zero-order valence-electron chi connectivity index (χ0n) is 20.1. The molecule has 4 nitrogen and oxygen atoms in total. The summed E-state index contributed by atoms with van der Waals surface area (Å²) in [6, 6.07) is 8.86. The van der Waals surface area contributed by atoms with Gasteiger partial charge < -0.3 is 14.9 Å². The normalized spacial score (nSPS) is 15.3. The standard InChI is InChI=1S/C27H46O4/c1-4-5-6-7-8-9-10-11-12-13-17-20-25(28)23(3)26(29)22(2)21-31-27(30)24-18-15-14-16-19-24/h14-16,18-19,22-23,25-26,28-29H,4-13,17,20-21H2,1-3H3/t22-,23-,25+,26-/m0/s1. The van der Waals surface area contributed by atoms with E-state index in [2.05, 4.69) is 6.92 Å². The molecule has 0 aliphatic heterocycles. The van der Waals surface area contributed by atoms with Gasteiger partial charge in [0.1, 0.15) is 0 Å². The smallest absolute Gasteiger partial charge is 0.338 e. The topological polar surface area (TPSA) is 66.8 Å². The summed E-state index contributed by atoms with van der Waals surface area (Å²) < 4.78 is 5.33. The zero-order chi connectivity index (χ0) is 22.9. The van der Waals surface area contributed by atoms with E-state index in [4.69, 9.17) is 4.74 Å². The number of hydrogen-bond donors (Lipinski definition) is 2. The molecule has 0 radical (unpaired) electrons. The van der Waals surface area contributed by atoms with E-state index >= 15 is 0 Å². The number of aliphatic hydroxyl groups is 2. The minimum atomic E-state index is -0.703. The third-order valence-corrected chi connectivity index (χ3v) is 6.32. The number of benzene rings is 1. The van der Waals surface area contributed by atoms with E-state index < -0.39 is 12.2 Å². The Balaban J connectivity index is 2.12. The van der Waals surface area contributed by atoms with Crippen LogP contribution >= 0.6 is 0 Å². The Kier molecular flexibility index (Phi) is 15.3. The van der Waals surface area contributed by atoms with Crippen LogP contribution in [0, 0.1) is 11.8 Å². The van der Waals surface area contributed by atoms with Gasteiger partial charge in [0.2, 0.25) is 0 Å². The van der Waals surface area contributed by atoms with Gasteiger partial charge in [0, 0.05) is 11.8 Å². The Morgan fingerprint density at radius 3 is 1.90 bits per heavy atom. The number of esters is 1. The van der Waals surface area contributed by atoms with Gasteiger partial charge in [-0.1, -0.05) is 110 Å². The van der Waals surface area contributed by atoms with Gasteiger partial charge in [0.25, 0.3) is 0 Å². The largest absolute Gasteiger partial charge is 0.462 e. The van der Waals surface area contributed by atoms with Crippen molar-refractivity contribution in [1.29, 1.82) is 0 Å². The van der Waals surface area contributed by atoms with Crippen molar-refractivity contribution in [2.45, 2.75) is 110 Å². The lowest BCUT2D eigenvalue weighted by Gasteiger charge is -2.28. The van der Waals surface area contributed by atoms with E-state index in [1.165, 1.54) is 57.8 Å². The Morgan fingerprint density at radius 1 is 0.839 bits per heavy atom. The van der Waals surface area contributed by atoms with Crippen molar-refractivity contribution in [3.05, 3.63) is 35.9 Å². The first kappa shape index (κ1) is 27.6. The molecular formula is C27H46O4. The maximum atomic E-state index is 12.0. The highest BCUT2D eigenvalue weighted by molar-refractivity contribution is 5.89. The molecule has 0 amide bonds. The van der Waals surface area contributed by atoms with Gasteiger partial charge in [-0.3, -0.25) is 0 Å². The van der Waals surface area contributed by atoms with Gasteiger partial charge in [-0.05, 0) is 18.6 Å². The molecule has 1 aromatic carbocycles. The molecule has 178 valence electrons. The van der Waals surface area contributed by atoms with Crippen molar-refractivity contribution >= 4 is 5.97 Å². The van der Waals surface area contributed by atoms with Gasteiger partial charge in [-0.15, -0.1) is 0 Å². The summed E-state index contributed by atoms with van der Waals surface area (Å²) in [4.78, 5) is 12.0. The van der Waals surface area contributed by atoms with Crippen LogP contribution in [0.2, 0.25) is 0 Å². The van der Waals surface area contributed by atoms with Crippen molar-refractivity contribution in [3.8, 4) is 0 Å². The molecule has 0 fully saturated rings. The summed E-state index contributed by atoms with van der Waals surface area (Å²) in [5.74, 6) is -0.850. The van der Waals surface area contributed by atoms with Crippen LogP contribution < -0.4 is 0 Å². The number of hydrogen-bond acceptors (Lipinski definition) is 4. The Bertz CT molecular complexity index is 560. The SMILES string of the molecule is CCCCCCCCCCCCC[C@@H](O)[C@H](C)[C@@H](O)[C@@H](C)COC(=O)c1ccccc1. The summed E-state index contributed by atoms with van der Waals surface area (Å²) in [5.41, 5.74) is 0.508. The highest BCUT2D eigenvalue weighted by Crippen LogP contribution is 2.21. The minimum absolute atomic E-state index is 0.143. The van der Waals surface area contributed by atoms with Crippen molar-refractivity contribution in [2.24, 2.45) is 11.8 Å². The molecule has 0 heterocycles. The second kappa shape index (κ2) is 17.2. The summed E-state index contributed by atoms with van der Waals surface area (Å²) in [5, 5.41) is 21.0. The molecule has 0 bridgehead atoms. The van der Waals surface area contributed by atoms with Crippen LogP contribution in [-0.4, -0.2) is 35.0 Å². The Labute approximate surface area is 190 Å². The lowest BCUT2D eigenvalue weighted by Crippen LogP contribution is -2.36. The first-order valence-electron chi connectivity index (χ1n) is 12.6. The third-order valence-electron chi connectivity index (χ3n) is 6.32. The number of aliphatic hydroxyl groups excluding tert-OH is 2. The van der Waals surface area contributed by atoms with E-state index in [1.54, 1.807) is 24.3 Å². The summed E-state index contributed by atoms with van der Waals surface area (Å²) >= 11 is 0. The van der Waals surface area contributed by atoms with Crippen LogP contribution in [0.1, 0.15) is 108 Å². The molecule has 4 heteroatoms. The second-order valence-corrected chi connectivity index (χ2v) is 9.18. The monoisotopic (exact) mass is 434 g/mol. The average Bonchev–Trinajstić information content (AvgIpc) is 2.80. The molecule has 2 N–H and O–H groups in total. The van der Waals surface area contributed by atoms with Gasteiger partial charge in [0.05, 0.1) is 24.4 Å². The van der Waals surface area contributed by atoms with Gasteiger partial charge in [-0.25, -0.2) is 4.79 Å². The average molecular weight is 435 g/mol. The van der Waals surface area contributed by atoms with E-state index in [1.807, 2.05) is 19.9 Å². The summed E-state index contributed by atoms with van der Waals surface area (Å²) in [7, 11) is 0. The molecule has 0 saturated carbocycles. The van der Waals surface area contributed by atoms with Crippen molar-refractivity contribution in [2.75, 3.05) is 6.61 Å². The molecule has 1 aromatic rings. The molecule has 1 rings (SSSR count). The van der Waals surface area contributed by atoms with Crippen LogP contribution in [0.4, 0.5) is 0 Å². The first-order valence-corrected chi connectivity index (χ1v) is 12.6. The molecule has 0 aliphatic carbocycles. The molecule has 0 aliphatic rings. The van der Waals surface area contributed by atoms with Gasteiger partial charge >= 0.3 is 5.97 Å². The van der Waals surface area contributed by atoms with Crippen LogP contribution in [0.3, 0.4) is 0 Å². The Morgan fingerprint density at radius 2 is 1.35 bits per heavy atom. The quantitative estimate of drug-likeness (QED) is 0.203. The van der Waals surface area contributed by atoms with Crippen LogP contribution in [0.5, 0.6) is 0 Å². The second-order valence-electron chi connectivity index (χ2n) is 9.18. The fraction of sp³-hybridized carbons (Fsp3) is 0.741. The fourth-order valence-corrected chi connectivity index (χ4v) is 3.99. The number of carbonyl (C=O) groups is 1. The summed E-state index contributed by atoms with van der Waals surface area (Å²) in [6.45, 7) is 6.13. The minimum Gasteiger partial charge on any atom is -0.462 e. The number of unbranched alkanes of at least 4 members (excludes halogenated alkanes) is 10. The summed E-state index contributed by atoms with van der Waals surface area (Å²) in [6.07, 6.45) is 13.6. The molecular weight excluding hydrogens is 388 g/mol. The Hall–Kier alpha value is -1.39. The maximum Gasteiger partial charge on any atom is 0.338 e. The number of carbonyl (C=O) groups excluding carboxylic acids is 1. The van der Waals surface area contributed by atoms with Crippen molar-refractivity contribution in [3.63, 3.8) is 0 Å². The fourth-order valence-electron chi connectivity index (χ4n) is 3.99. The lowest BCUT2D eigenvalue weighted by atomic mass is 9.87. The van der Waals surface area contributed by atoms with Crippen LogP contribution in [-0.2, 0) is 4.74 Å². The molecule has 31 heavy (non-hydrogen) atoms. The predicted molar refractivity (Wildman–Crippen MR) is 128 cm³/mol. The molecule has 0 spiro atoms. The molecule has 0 aromatic heterocycles. The van der Waals surface area contributed by atoms with Gasteiger partial charge in [-0.2, -0.15) is 0 Å². The lowest BCUT2D eigenvalue weighted by molar-refractivity contribution is -0.0283. The van der Waals surface area contributed by atoms with Crippen LogP contribution in [0.15, 0.2) is 30.3 Å². The van der Waals surface area contributed by atoms with Gasteiger partial charge in [0.15, 0.2) is 0 Å². The molecule has 0 saturated heterocycles. The number of rotatable bonds is 18. The van der Waals surface area contributed by atoms with E-state index in [-0.39, 0.29) is 24.4 Å². The highest BCUT2D eigenvalue weighted by atomic mass is 16.5. The van der Waals surface area contributed by atoms with E-state index in [9.17, 15) is 15.0 Å². The number of ether oxygens (including phenoxy) is 1. The highest BCUT2D eigenvalue weighted by Gasteiger charge is 2.27. The molecule has 0 unspecified atom stereocenters. The third kappa shape index (κ3) is 12.3. The van der Waals surface area contributed by atoms with E-state index in [0.29, 0.717) is 12.0 Å².